The van der Waals surface area contributed by atoms with Crippen molar-refractivity contribution in [2.75, 3.05) is 26.6 Å². The molecule has 0 aliphatic rings. The van der Waals surface area contributed by atoms with Crippen LogP contribution in [0.15, 0.2) is 54.6 Å². The highest BCUT2D eigenvalue weighted by Gasteiger charge is 2.15. The number of fused-ring (bicyclic) bond motifs is 1. The molecule has 1 aromatic heterocycles. The number of nitrogens with zero attached hydrogens (tertiary/aromatic N) is 1. The number of methoxy groups -OCH3 is 3. The van der Waals surface area contributed by atoms with Gasteiger partial charge in [0.2, 0.25) is 5.75 Å². The van der Waals surface area contributed by atoms with E-state index in [0.717, 1.165) is 27.3 Å². The SMILES string of the molecule is COc1ccc(CNc2ccc(-c3nc4ccc(C)cc4s3)cc2)c(OC)c1OC. The van der Waals surface area contributed by atoms with E-state index in [0.29, 0.717) is 23.8 Å². The Kier molecular flexibility index (Phi) is 5.77. The number of aryl methyl sites for hydroxylation is 1. The van der Waals surface area contributed by atoms with Gasteiger partial charge in [-0.25, -0.2) is 4.98 Å². The Morgan fingerprint density at radius 1 is 0.867 bits per heavy atom. The van der Waals surface area contributed by atoms with Crippen molar-refractivity contribution in [1.29, 1.82) is 0 Å². The Bertz CT molecular complexity index is 1170. The van der Waals surface area contributed by atoms with E-state index in [2.05, 4.69) is 54.7 Å². The van der Waals surface area contributed by atoms with Gasteiger partial charge in [0.1, 0.15) is 5.01 Å². The van der Waals surface area contributed by atoms with E-state index < -0.39 is 0 Å². The van der Waals surface area contributed by atoms with Crippen molar-refractivity contribution < 1.29 is 14.2 Å². The number of hydrogen-bond donors (Lipinski definition) is 1. The van der Waals surface area contributed by atoms with Gasteiger partial charge in [-0.05, 0) is 61.0 Å². The molecule has 5 nitrogen and oxygen atoms in total. The fourth-order valence-corrected chi connectivity index (χ4v) is 4.45. The van der Waals surface area contributed by atoms with Gasteiger partial charge >= 0.3 is 0 Å². The predicted octanol–water partition coefficient (Wildman–Crippen LogP) is 5.91. The van der Waals surface area contributed by atoms with Gasteiger partial charge in [-0.15, -0.1) is 11.3 Å². The Labute approximate surface area is 180 Å². The lowest BCUT2D eigenvalue weighted by molar-refractivity contribution is 0.322. The minimum Gasteiger partial charge on any atom is -0.493 e. The molecular weight excluding hydrogens is 396 g/mol. The molecule has 4 aromatic rings. The Morgan fingerprint density at radius 2 is 1.63 bits per heavy atom. The zero-order valence-corrected chi connectivity index (χ0v) is 18.3. The van der Waals surface area contributed by atoms with E-state index in [1.165, 1.54) is 10.3 Å². The van der Waals surface area contributed by atoms with Crippen LogP contribution < -0.4 is 19.5 Å². The van der Waals surface area contributed by atoms with Crippen molar-refractivity contribution in [2.45, 2.75) is 13.5 Å². The molecule has 1 N–H and O–H groups in total. The van der Waals surface area contributed by atoms with Crippen LogP contribution in [-0.2, 0) is 6.54 Å². The van der Waals surface area contributed by atoms with E-state index in [4.69, 9.17) is 19.2 Å². The van der Waals surface area contributed by atoms with Crippen LogP contribution >= 0.6 is 11.3 Å². The molecule has 0 aliphatic carbocycles. The topological polar surface area (TPSA) is 52.6 Å². The summed E-state index contributed by atoms with van der Waals surface area (Å²) in [6.07, 6.45) is 0. The van der Waals surface area contributed by atoms with Crippen LogP contribution in [0.1, 0.15) is 11.1 Å². The molecule has 0 radical (unpaired) electrons. The summed E-state index contributed by atoms with van der Waals surface area (Å²) in [5.74, 6) is 1.92. The molecular formula is C24H24N2O3S. The van der Waals surface area contributed by atoms with E-state index in [9.17, 15) is 0 Å². The first kappa shape index (κ1) is 20.0. The third-order valence-corrected chi connectivity index (χ3v) is 6.01. The molecule has 0 fully saturated rings. The van der Waals surface area contributed by atoms with Gasteiger partial charge in [-0.3, -0.25) is 0 Å². The number of nitrogens with one attached hydrogen (secondary N) is 1. The minimum atomic E-state index is 0.598. The first-order valence-electron chi connectivity index (χ1n) is 9.62. The highest BCUT2D eigenvalue weighted by molar-refractivity contribution is 7.21. The third kappa shape index (κ3) is 3.91. The van der Waals surface area contributed by atoms with E-state index >= 15 is 0 Å². The zero-order valence-electron chi connectivity index (χ0n) is 17.5. The molecule has 0 unspecified atom stereocenters. The Balaban J connectivity index is 1.51. The molecule has 30 heavy (non-hydrogen) atoms. The summed E-state index contributed by atoms with van der Waals surface area (Å²) in [5.41, 5.74) is 5.42. The van der Waals surface area contributed by atoms with Crippen LogP contribution in [-0.4, -0.2) is 26.3 Å². The van der Waals surface area contributed by atoms with Gasteiger partial charge in [-0.2, -0.15) is 0 Å². The van der Waals surface area contributed by atoms with Gasteiger partial charge in [-0.1, -0.05) is 6.07 Å². The largest absolute Gasteiger partial charge is 0.493 e. The summed E-state index contributed by atoms with van der Waals surface area (Å²) < 4.78 is 17.6. The highest BCUT2D eigenvalue weighted by Crippen LogP contribution is 2.40. The second-order valence-electron chi connectivity index (χ2n) is 6.91. The second kappa shape index (κ2) is 8.63. The van der Waals surface area contributed by atoms with Gasteiger partial charge < -0.3 is 19.5 Å². The molecule has 0 bridgehead atoms. The van der Waals surface area contributed by atoms with E-state index in [-0.39, 0.29) is 0 Å². The molecule has 4 rings (SSSR count). The lowest BCUT2D eigenvalue weighted by atomic mass is 10.1. The summed E-state index contributed by atoms with van der Waals surface area (Å²) in [5, 5.41) is 4.48. The Hall–Kier alpha value is -3.25. The number of aromatic nitrogens is 1. The first-order valence-corrected chi connectivity index (χ1v) is 10.4. The standard InChI is InChI=1S/C24H24N2O3S/c1-15-5-11-19-21(13-15)30-24(26-19)16-6-9-18(10-7-16)25-14-17-8-12-20(27-2)23(29-4)22(17)28-3/h5-13,25H,14H2,1-4H3. The quantitative estimate of drug-likeness (QED) is 0.403. The van der Waals surface area contributed by atoms with Crippen LogP contribution in [0.25, 0.3) is 20.8 Å². The van der Waals surface area contributed by atoms with Crippen molar-refractivity contribution in [1.82, 2.24) is 4.98 Å². The number of anilines is 1. The van der Waals surface area contributed by atoms with Crippen molar-refractivity contribution in [2.24, 2.45) is 0 Å². The molecule has 0 saturated carbocycles. The van der Waals surface area contributed by atoms with Crippen LogP contribution in [0.2, 0.25) is 0 Å². The smallest absolute Gasteiger partial charge is 0.203 e. The van der Waals surface area contributed by atoms with Gasteiger partial charge in [0, 0.05) is 23.4 Å². The number of thiazole rings is 1. The van der Waals surface area contributed by atoms with Gasteiger partial charge in [0.15, 0.2) is 11.5 Å². The van der Waals surface area contributed by atoms with Gasteiger partial charge in [0.25, 0.3) is 0 Å². The lowest BCUT2D eigenvalue weighted by Crippen LogP contribution is -2.04. The summed E-state index contributed by atoms with van der Waals surface area (Å²) in [7, 11) is 4.86. The van der Waals surface area contributed by atoms with E-state index in [1.54, 1.807) is 32.7 Å². The minimum absolute atomic E-state index is 0.598. The van der Waals surface area contributed by atoms with Crippen LogP contribution in [0.4, 0.5) is 5.69 Å². The van der Waals surface area contributed by atoms with E-state index in [1.807, 2.05) is 12.1 Å². The summed E-state index contributed by atoms with van der Waals surface area (Å²) in [6, 6.07) is 18.6. The average Bonchev–Trinajstić information content (AvgIpc) is 3.20. The number of hydrogen-bond acceptors (Lipinski definition) is 6. The molecule has 0 atom stereocenters. The van der Waals surface area contributed by atoms with Crippen molar-refractivity contribution in [3.05, 3.63) is 65.7 Å². The number of rotatable bonds is 7. The van der Waals surface area contributed by atoms with Crippen molar-refractivity contribution in [3.8, 4) is 27.8 Å². The molecule has 0 aliphatic heterocycles. The van der Waals surface area contributed by atoms with Gasteiger partial charge in [0.05, 0.1) is 31.5 Å². The van der Waals surface area contributed by atoms with Crippen LogP contribution in [0.3, 0.4) is 0 Å². The molecule has 0 saturated heterocycles. The van der Waals surface area contributed by atoms with Crippen molar-refractivity contribution in [3.63, 3.8) is 0 Å². The molecule has 6 heteroatoms. The summed E-state index contributed by atoms with van der Waals surface area (Å²) >= 11 is 1.72. The number of ether oxygens (including phenoxy) is 3. The van der Waals surface area contributed by atoms with Crippen molar-refractivity contribution >= 4 is 27.2 Å². The average molecular weight is 421 g/mol. The lowest BCUT2D eigenvalue weighted by Gasteiger charge is -2.16. The fourth-order valence-electron chi connectivity index (χ4n) is 3.39. The first-order chi connectivity index (χ1) is 14.6. The monoisotopic (exact) mass is 420 g/mol. The molecule has 3 aromatic carbocycles. The predicted molar refractivity (Wildman–Crippen MR) is 123 cm³/mol. The fraction of sp³-hybridized carbons (Fsp3) is 0.208. The second-order valence-corrected chi connectivity index (χ2v) is 7.95. The molecule has 1 heterocycles. The molecule has 0 amide bonds. The zero-order chi connectivity index (χ0) is 21.1. The Morgan fingerprint density at radius 3 is 2.33 bits per heavy atom. The molecule has 154 valence electrons. The van der Waals surface area contributed by atoms with Crippen LogP contribution in [0, 0.1) is 6.92 Å². The maximum absolute atomic E-state index is 5.56. The summed E-state index contributed by atoms with van der Waals surface area (Å²) in [4.78, 5) is 4.76. The maximum Gasteiger partial charge on any atom is 0.203 e. The highest BCUT2D eigenvalue weighted by atomic mass is 32.1. The third-order valence-electron chi connectivity index (χ3n) is 4.94. The molecule has 0 spiro atoms. The number of benzene rings is 3. The van der Waals surface area contributed by atoms with Crippen LogP contribution in [0.5, 0.6) is 17.2 Å². The maximum atomic E-state index is 5.56. The normalized spacial score (nSPS) is 10.8. The summed E-state index contributed by atoms with van der Waals surface area (Å²) in [6.45, 7) is 2.70.